The van der Waals surface area contributed by atoms with Gasteiger partial charge in [-0.05, 0) is 37.1 Å². The third-order valence-electron chi connectivity index (χ3n) is 3.25. The summed E-state index contributed by atoms with van der Waals surface area (Å²) in [6.45, 7) is 0.716. The number of benzene rings is 2. The van der Waals surface area contributed by atoms with Gasteiger partial charge in [-0.2, -0.15) is 0 Å². The van der Waals surface area contributed by atoms with Crippen LogP contribution in [0.2, 0.25) is 5.02 Å². The SMILES string of the molecule is Fc1cc(Br)cc(Oc2cc(Cl)ccc2CNC2CC2)c1. The van der Waals surface area contributed by atoms with Crippen LogP contribution in [0.15, 0.2) is 40.9 Å². The summed E-state index contributed by atoms with van der Waals surface area (Å²) in [7, 11) is 0. The molecule has 0 unspecified atom stereocenters. The predicted octanol–water partition coefficient (Wildman–Crippen LogP) is 5.29. The van der Waals surface area contributed by atoms with E-state index in [1.165, 1.54) is 25.0 Å². The second kappa shape index (κ2) is 6.34. The van der Waals surface area contributed by atoms with Gasteiger partial charge in [0.15, 0.2) is 0 Å². The lowest BCUT2D eigenvalue weighted by Gasteiger charge is -2.13. The summed E-state index contributed by atoms with van der Waals surface area (Å²) in [6, 6.07) is 10.6. The van der Waals surface area contributed by atoms with E-state index in [0.29, 0.717) is 33.6 Å². The highest BCUT2D eigenvalue weighted by atomic mass is 79.9. The van der Waals surface area contributed by atoms with Crippen molar-refractivity contribution in [2.45, 2.75) is 25.4 Å². The smallest absolute Gasteiger partial charge is 0.133 e. The van der Waals surface area contributed by atoms with Crippen molar-refractivity contribution in [3.05, 3.63) is 57.3 Å². The minimum atomic E-state index is -0.348. The summed E-state index contributed by atoms with van der Waals surface area (Å²) in [6.07, 6.45) is 2.45. The van der Waals surface area contributed by atoms with E-state index in [2.05, 4.69) is 21.2 Å². The predicted molar refractivity (Wildman–Crippen MR) is 85.5 cm³/mol. The molecule has 1 aliphatic carbocycles. The van der Waals surface area contributed by atoms with Gasteiger partial charge in [-0.3, -0.25) is 0 Å². The number of hydrogen-bond acceptors (Lipinski definition) is 2. The molecule has 2 aromatic rings. The molecule has 0 saturated heterocycles. The molecule has 0 aromatic heterocycles. The Kier molecular flexibility index (Phi) is 4.48. The van der Waals surface area contributed by atoms with Crippen molar-refractivity contribution in [1.82, 2.24) is 5.32 Å². The van der Waals surface area contributed by atoms with E-state index in [0.717, 1.165) is 5.56 Å². The normalized spacial score (nSPS) is 14.2. The molecule has 0 atom stereocenters. The Morgan fingerprint density at radius 1 is 1.24 bits per heavy atom. The Balaban J connectivity index is 1.83. The first-order valence-corrected chi connectivity index (χ1v) is 7.93. The Morgan fingerprint density at radius 3 is 2.76 bits per heavy atom. The molecular formula is C16H14BrClFNO. The summed E-state index contributed by atoms with van der Waals surface area (Å²) in [5.74, 6) is 0.740. The number of nitrogens with one attached hydrogen (secondary N) is 1. The molecule has 0 aliphatic heterocycles. The monoisotopic (exact) mass is 369 g/mol. The lowest BCUT2D eigenvalue weighted by Crippen LogP contribution is -2.15. The van der Waals surface area contributed by atoms with E-state index in [4.69, 9.17) is 16.3 Å². The van der Waals surface area contributed by atoms with Gasteiger partial charge in [0.25, 0.3) is 0 Å². The van der Waals surface area contributed by atoms with Crippen LogP contribution < -0.4 is 10.1 Å². The van der Waals surface area contributed by atoms with E-state index in [1.54, 1.807) is 12.1 Å². The van der Waals surface area contributed by atoms with Gasteiger partial charge >= 0.3 is 0 Å². The van der Waals surface area contributed by atoms with Crippen LogP contribution in [-0.2, 0) is 6.54 Å². The van der Waals surface area contributed by atoms with Crippen LogP contribution in [0.1, 0.15) is 18.4 Å². The molecule has 1 N–H and O–H groups in total. The maximum atomic E-state index is 13.4. The van der Waals surface area contributed by atoms with Gasteiger partial charge in [0, 0.05) is 33.7 Å². The second-order valence-corrected chi connectivity index (χ2v) is 6.47. The number of hydrogen-bond donors (Lipinski definition) is 1. The quantitative estimate of drug-likeness (QED) is 0.772. The van der Waals surface area contributed by atoms with Crippen LogP contribution >= 0.6 is 27.5 Å². The van der Waals surface area contributed by atoms with Gasteiger partial charge in [-0.1, -0.05) is 33.6 Å². The highest BCUT2D eigenvalue weighted by Gasteiger charge is 2.20. The number of rotatable bonds is 5. The fourth-order valence-corrected chi connectivity index (χ4v) is 2.63. The van der Waals surface area contributed by atoms with Gasteiger partial charge in [-0.15, -0.1) is 0 Å². The van der Waals surface area contributed by atoms with Crippen LogP contribution in [0.5, 0.6) is 11.5 Å². The van der Waals surface area contributed by atoms with Crippen LogP contribution in [-0.4, -0.2) is 6.04 Å². The standard InChI is InChI=1S/C16H14BrClFNO/c17-11-5-13(19)8-15(6-11)21-16-7-12(18)2-1-10(16)9-20-14-3-4-14/h1-2,5-8,14,20H,3-4,9H2. The summed E-state index contributed by atoms with van der Waals surface area (Å²) in [4.78, 5) is 0. The van der Waals surface area contributed by atoms with Crippen molar-refractivity contribution in [1.29, 1.82) is 0 Å². The zero-order valence-electron chi connectivity index (χ0n) is 11.2. The van der Waals surface area contributed by atoms with Gasteiger partial charge < -0.3 is 10.1 Å². The maximum Gasteiger partial charge on any atom is 0.133 e. The van der Waals surface area contributed by atoms with Crippen LogP contribution in [0.3, 0.4) is 0 Å². The van der Waals surface area contributed by atoms with Gasteiger partial charge in [0.2, 0.25) is 0 Å². The van der Waals surface area contributed by atoms with Crippen LogP contribution in [0, 0.1) is 5.82 Å². The van der Waals surface area contributed by atoms with Crippen LogP contribution in [0.4, 0.5) is 4.39 Å². The van der Waals surface area contributed by atoms with E-state index < -0.39 is 0 Å². The molecule has 110 valence electrons. The molecule has 2 aromatic carbocycles. The van der Waals surface area contributed by atoms with Crippen molar-refractivity contribution in [3.63, 3.8) is 0 Å². The zero-order chi connectivity index (χ0) is 14.8. The third-order valence-corrected chi connectivity index (χ3v) is 3.94. The second-order valence-electron chi connectivity index (χ2n) is 5.11. The molecule has 2 nitrogen and oxygen atoms in total. The fourth-order valence-electron chi connectivity index (χ4n) is 2.03. The van der Waals surface area contributed by atoms with E-state index >= 15 is 0 Å². The first-order chi connectivity index (χ1) is 10.1. The van der Waals surface area contributed by atoms with Crippen molar-refractivity contribution in [2.24, 2.45) is 0 Å². The topological polar surface area (TPSA) is 21.3 Å². The van der Waals surface area contributed by atoms with E-state index in [9.17, 15) is 4.39 Å². The fraction of sp³-hybridized carbons (Fsp3) is 0.250. The number of ether oxygens (including phenoxy) is 1. The highest BCUT2D eigenvalue weighted by Crippen LogP contribution is 2.31. The summed E-state index contributed by atoms with van der Waals surface area (Å²) in [5, 5.41) is 4.03. The molecule has 0 radical (unpaired) electrons. The Morgan fingerprint density at radius 2 is 2.05 bits per heavy atom. The Hall–Kier alpha value is -1.10. The Labute approximate surface area is 136 Å². The lowest BCUT2D eigenvalue weighted by atomic mass is 10.2. The summed E-state index contributed by atoms with van der Waals surface area (Å²) in [5.41, 5.74) is 1.01. The zero-order valence-corrected chi connectivity index (χ0v) is 13.5. The molecule has 0 spiro atoms. The molecule has 0 heterocycles. The third kappa shape index (κ3) is 4.19. The van der Waals surface area contributed by atoms with E-state index in [-0.39, 0.29) is 5.82 Å². The molecule has 21 heavy (non-hydrogen) atoms. The molecule has 0 amide bonds. The lowest BCUT2D eigenvalue weighted by molar-refractivity contribution is 0.467. The summed E-state index contributed by atoms with van der Waals surface area (Å²) < 4.78 is 19.9. The van der Waals surface area contributed by atoms with Gasteiger partial charge in [0.1, 0.15) is 17.3 Å². The van der Waals surface area contributed by atoms with Crippen LogP contribution in [0.25, 0.3) is 0 Å². The first-order valence-electron chi connectivity index (χ1n) is 6.76. The van der Waals surface area contributed by atoms with Crippen molar-refractivity contribution >= 4 is 27.5 Å². The molecule has 1 fully saturated rings. The average molecular weight is 371 g/mol. The average Bonchev–Trinajstić information content (AvgIpc) is 3.20. The first kappa shape index (κ1) is 14.8. The van der Waals surface area contributed by atoms with Gasteiger partial charge in [-0.25, -0.2) is 4.39 Å². The molecule has 0 bridgehead atoms. The maximum absolute atomic E-state index is 13.4. The minimum Gasteiger partial charge on any atom is -0.457 e. The van der Waals surface area contributed by atoms with E-state index in [1.807, 2.05) is 12.1 Å². The minimum absolute atomic E-state index is 0.348. The van der Waals surface area contributed by atoms with Crippen molar-refractivity contribution in [3.8, 4) is 11.5 Å². The molecule has 1 saturated carbocycles. The molecular weight excluding hydrogens is 357 g/mol. The Bertz CT molecular complexity index is 640. The molecule has 5 heteroatoms. The summed E-state index contributed by atoms with van der Waals surface area (Å²) >= 11 is 9.30. The highest BCUT2D eigenvalue weighted by molar-refractivity contribution is 9.10. The largest absolute Gasteiger partial charge is 0.457 e. The van der Waals surface area contributed by atoms with Crippen molar-refractivity contribution < 1.29 is 9.13 Å². The number of halogens is 3. The molecule has 3 rings (SSSR count). The van der Waals surface area contributed by atoms with Crippen molar-refractivity contribution in [2.75, 3.05) is 0 Å². The molecule has 1 aliphatic rings. The van der Waals surface area contributed by atoms with Gasteiger partial charge in [0.05, 0.1) is 0 Å².